The van der Waals surface area contributed by atoms with Crippen LogP contribution in [0.3, 0.4) is 0 Å². The van der Waals surface area contributed by atoms with Crippen LogP contribution in [0.5, 0.6) is 0 Å². The number of alkyl carbamates (subject to hydrolysis) is 1. The SMILES string of the molecule is CC(C)C(NC(=O)OC(C)(C)C)C(=O)N1C(CN)CC2CCCCC21. The van der Waals surface area contributed by atoms with Gasteiger partial charge in [-0.3, -0.25) is 4.79 Å². The van der Waals surface area contributed by atoms with Crippen LogP contribution < -0.4 is 11.1 Å². The molecule has 1 saturated heterocycles. The molecule has 1 aliphatic heterocycles. The average Bonchev–Trinajstić information content (AvgIpc) is 2.88. The molecular weight excluding hydrogens is 318 g/mol. The van der Waals surface area contributed by atoms with Gasteiger partial charge < -0.3 is 20.7 Å². The van der Waals surface area contributed by atoms with E-state index in [0.717, 1.165) is 19.3 Å². The number of likely N-dealkylation sites (tertiary alicyclic amines) is 1. The molecule has 144 valence electrons. The van der Waals surface area contributed by atoms with Crippen LogP contribution >= 0.6 is 0 Å². The quantitative estimate of drug-likeness (QED) is 0.814. The van der Waals surface area contributed by atoms with Crippen molar-refractivity contribution in [1.82, 2.24) is 10.2 Å². The molecule has 1 heterocycles. The number of ether oxygens (including phenoxy) is 1. The van der Waals surface area contributed by atoms with Gasteiger partial charge in [0, 0.05) is 18.6 Å². The minimum atomic E-state index is -0.587. The van der Waals surface area contributed by atoms with Gasteiger partial charge in [0.05, 0.1) is 0 Å². The first-order chi connectivity index (χ1) is 11.6. The third-order valence-electron chi connectivity index (χ3n) is 5.33. The number of carbonyl (C=O) groups excluding carboxylic acids is 2. The van der Waals surface area contributed by atoms with Crippen molar-refractivity contribution < 1.29 is 14.3 Å². The van der Waals surface area contributed by atoms with Crippen LogP contribution in [0.2, 0.25) is 0 Å². The summed E-state index contributed by atoms with van der Waals surface area (Å²) in [6.45, 7) is 9.83. The van der Waals surface area contributed by atoms with Crippen LogP contribution in [0, 0.1) is 11.8 Å². The molecule has 6 nitrogen and oxygen atoms in total. The van der Waals surface area contributed by atoms with Crippen molar-refractivity contribution in [2.45, 2.75) is 90.4 Å². The number of nitrogens with two attached hydrogens (primary N) is 1. The molecular formula is C19H35N3O3. The zero-order chi connectivity index (χ0) is 18.8. The number of nitrogens with one attached hydrogen (secondary N) is 1. The number of carbonyl (C=O) groups is 2. The van der Waals surface area contributed by atoms with Crippen molar-refractivity contribution in [1.29, 1.82) is 0 Å². The van der Waals surface area contributed by atoms with E-state index in [0.29, 0.717) is 12.5 Å². The highest BCUT2D eigenvalue weighted by Gasteiger charge is 2.46. The van der Waals surface area contributed by atoms with Gasteiger partial charge in [-0.25, -0.2) is 4.79 Å². The fourth-order valence-electron chi connectivity index (χ4n) is 4.22. The van der Waals surface area contributed by atoms with E-state index in [1.54, 1.807) is 0 Å². The highest BCUT2D eigenvalue weighted by Crippen LogP contribution is 2.40. The summed E-state index contributed by atoms with van der Waals surface area (Å²) in [6.07, 6.45) is 5.08. The first-order valence-corrected chi connectivity index (χ1v) is 9.65. The molecule has 1 aliphatic carbocycles. The third-order valence-corrected chi connectivity index (χ3v) is 5.33. The third kappa shape index (κ3) is 4.87. The highest BCUT2D eigenvalue weighted by atomic mass is 16.6. The second-order valence-corrected chi connectivity index (χ2v) is 8.85. The zero-order valence-corrected chi connectivity index (χ0v) is 16.4. The molecule has 2 amide bonds. The number of hydrogen-bond acceptors (Lipinski definition) is 4. The first-order valence-electron chi connectivity index (χ1n) is 9.65. The van der Waals surface area contributed by atoms with E-state index in [1.165, 1.54) is 12.8 Å². The molecule has 0 aromatic heterocycles. The van der Waals surface area contributed by atoms with Crippen LogP contribution in [0.15, 0.2) is 0 Å². The average molecular weight is 354 g/mol. The van der Waals surface area contributed by atoms with E-state index >= 15 is 0 Å². The van der Waals surface area contributed by atoms with Crippen molar-refractivity contribution in [3.63, 3.8) is 0 Å². The molecule has 4 atom stereocenters. The van der Waals surface area contributed by atoms with Crippen molar-refractivity contribution in [2.75, 3.05) is 6.54 Å². The fourth-order valence-corrected chi connectivity index (χ4v) is 4.22. The Bertz CT molecular complexity index is 487. The maximum atomic E-state index is 13.3. The largest absolute Gasteiger partial charge is 0.444 e. The Balaban J connectivity index is 2.13. The Morgan fingerprint density at radius 2 is 1.88 bits per heavy atom. The van der Waals surface area contributed by atoms with E-state index in [-0.39, 0.29) is 23.9 Å². The molecule has 25 heavy (non-hydrogen) atoms. The van der Waals surface area contributed by atoms with Crippen molar-refractivity contribution in [3.8, 4) is 0 Å². The van der Waals surface area contributed by atoms with E-state index in [4.69, 9.17) is 10.5 Å². The van der Waals surface area contributed by atoms with Crippen molar-refractivity contribution in [3.05, 3.63) is 0 Å². The molecule has 0 aromatic rings. The van der Waals surface area contributed by atoms with Gasteiger partial charge in [-0.05, 0) is 51.9 Å². The maximum Gasteiger partial charge on any atom is 0.408 e. The Morgan fingerprint density at radius 1 is 1.24 bits per heavy atom. The lowest BCUT2D eigenvalue weighted by atomic mass is 9.84. The van der Waals surface area contributed by atoms with Gasteiger partial charge in [-0.15, -0.1) is 0 Å². The molecule has 1 saturated carbocycles. The molecule has 3 N–H and O–H groups in total. The van der Waals surface area contributed by atoms with Crippen LogP contribution in [0.4, 0.5) is 4.79 Å². The number of hydrogen-bond donors (Lipinski definition) is 2. The molecule has 6 heteroatoms. The molecule has 0 spiro atoms. The summed E-state index contributed by atoms with van der Waals surface area (Å²) >= 11 is 0. The standard InChI is InChI=1S/C19H35N3O3/c1-12(2)16(21-18(24)25-19(3,4)5)17(23)22-14(11-20)10-13-8-6-7-9-15(13)22/h12-16H,6-11,20H2,1-5H3,(H,21,24). The Labute approximate surface area is 151 Å². The minimum Gasteiger partial charge on any atom is -0.444 e. The molecule has 2 aliphatic rings. The van der Waals surface area contributed by atoms with Gasteiger partial charge in [-0.2, -0.15) is 0 Å². The summed E-state index contributed by atoms with van der Waals surface area (Å²) in [5.41, 5.74) is 5.38. The van der Waals surface area contributed by atoms with Crippen molar-refractivity contribution >= 4 is 12.0 Å². The minimum absolute atomic E-state index is 0.00860. The monoisotopic (exact) mass is 353 g/mol. The summed E-state index contributed by atoms with van der Waals surface area (Å²) in [7, 11) is 0. The Hall–Kier alpha value is -1.30. The fraction of sp³-hybridized carbons (Fsp3) is 0.895. The topological polar surface area (TPSA) is 84.7 Å². The van der Waals surface area contributed by atoms with Gasteiger partial charge in [0.2, 0.25) is 5.91 Å². The second-order valence-electron chi connectivity index (χ2n) is 8.85. The van der Waals surface area contributed by atoms with Crippen LogP contribution in [0.25, 0.3) is 0 Å². The van der Waals surface area contributed by atoms with Crippen molar-refractivity contribution in [2.24, 2.45) is 17.6 Å². The summed E-state index contributed by atoms with van der Waals surface area (Å²) in [4.78, 5) is 27.5. The molecule has 2 fully saturated rings. The number of fused-ring (bicyclic) bond motifs is 1. The number of amides is 2. The van der Waals surface area contributed by atoms with Gasteiger partial charge in [-0.1, -0.05) is 26.7 Å². The Kier molecular flexibility index (Phi) is 6.35. The summed E-state index contributed by atoms with van der Waals surface area (Å²) < 4.78 is 5.35. The van der Waals surface area contributed by atoms with E-state index < -0.39 is 17.7 Å². The van der Waals surface area contributed by atoms with Gasteiger partial charge >= 0.3 is 6.09 Å². The predicted octanol–water partition coefficient (Wildman–Crippen LogP) is 2.65. The highest BCUT2D eigenvalue weighted by molar-refractivity contribution is 5.86. The molecule has 4 unspecified atom stereocenters. The number of nitrogens with zero attached hydrogens (tertiary/aromatic N) is 1. The number of rotatable bonds is 4. The normalized spacial score (nSPS) is 27.8. The lowest BCUT2D eigenvalue weighted by Crippen LogP contribution is -2.56. The van der Waals surface area contributed by atoms with Crippen LogP contribution in [-0.2, 0) is 9.53 Å². The van der Waals surface area contributed by atoms with Crippen LogP contribution in [0.1, 0.15) is 66.7 Å². The second kappa shape index (κ2) is 7.94. The van der Waals surface area contributed by atoms with Gasteiger partial charge in [0.1, 0.15) is 11.6 Å². The smallest absolute Gasteiger partial charge is 0.408 e. The molecule has 0 aromatic carbocycles. The predicted molar refractivity (Wildman–Crippen MR) is 98.0 cm³/mol. The summed E-state index contributed by atoms with van der Waals surface area (Å²) in [5, 5.41) is 2.80. The zero-order valence-electron chi connectivity index (χ0n) is 16.4. The van der Waals surface area contributed by atoms with Crippen LogP contribution in [-0.4, -0.2) is 47.2 Å². The molecule has 0 radical (unpaired) electrons. The lowest BCUT2D eigenvalue weighted by Gasteiger charge is -2.37. The molecule has 2 rings (SSSR count). The van der Waals surface area contributed by atoms with E-state index in [1.807, 2.05) is 39.5 Å². The summed E-state index contributed by atoms with van der Waals surface area (Å²) in [5.74, 6) is 0.535. The van der Waals surface area contributed by atoms with E-state index in [9.17, 15) is 9.59 Å². The van der Waals surface area contributed by atoms with Gasteiger partial charge in [0.15, 0.2) is 0 Å². The van der Waals surface area contributed by atoms with Gasteiger partial charge in [0.25, 0.3) is 0 Å². The first kappa shape index (κ1) is 20.0. The molecule has 0 bridgehead atoms. The summed E-state index contributed by atoms with van der Waals surface area (Å²) in [6, 6.07) is -0.219. The lowest BCUT2D eigenvalue weighted by molar-refractivity contribution is -0.138. The Morgan fingerprint density at radius 3 is 2.44 bits per heavy atom. The maximum absolute atomic E-state index is 13.3. The van der Waals surface area contributed by atoms with E-state index in [2.05, 4.69) is 5.32 Å².